The molecule has 0 spiro atoms. The molecular formula is C17H21ClN2O2S. The van der Waals surface area contributed by atoms with Gasteiger partial charge in [0.05, 0.1) is 10.9 Å². The average molecular weight is 353 g/mol. The van der Waals surface area contributed by atoms with Gasteiger partial charge in [-0.1, -0.05) is 30.9 Å². The summed E-state index contributed by atoms with van der Waals surface area (Å²) in [6.07, 6.45) is 6.04. The van der Waals surface area contributed by atoms with E-state index in [9.17, 15) is 9.59 Å². The SMILES string of the molecule is CN(C(=O)CC1Sc2ccc(Cl)cc2NC1=O)C1CCCCC1. The predicted molar refractivity (Wildman–Crippen MR) is 94.0 cm³/mol. The molecule has 3 rings (SSSR count). The van der Waals surface area contributed by atoms with Crippen molar-refractivity contribution in [2.45, 2.75) is 54.7 Å². The lowest BCUT2D eigenvalue weighted by atomic mass is 9.94. The summed E-state index contributed by atoms with van der Waals surface area (Å²) in [5, 5.41) is 3.08. The molecule has 2 amide bonds. The molecule has 0 aromatic heterocycles. The van der Waals surface area contributed by atoms with Gasteiger partial charge in [-0.3, -0.25) is 9.59 Å². The summed E-state index contributed by atoms with van der Waals surface area (Å²) in [5.41, 5.74) is 0.733. The van der Waals surface area contributed by atoms with E-state index in [1.807, 2.05) is 18.0 Å². The highest BCUT2D eigenvalue weighted by atomic mass is 35.5. The van der Waals surface area contributed by atoms with Gasteiger partial charge in [-0.15, -0.1) is 11.8 Å². The van der Waals surface area contributed by atoms with Gasteiger partial charge in [0.15, 0.2) is 0 Å². The summed E-state index contributed by atoms with van der Waals surface area (Å²) in [5.74, 6) is -0.0582. The third-order valence-electron chi connectivity index (χ3n) is 4.64. The van der Waals surface area contributed by atoms with Crippen LogP contribution in [0.15, 0.2) is 23.1 Å². The van der Waals surface area contributed by atoms with Crippen LogP contribution in [0.5, 0.6) is 0 Å². The standard InChI is InChI=1S/C17H21ClN2O2S/c1-20(12-5-3-2-4-6-12)16(21)10-15-17(22)19-13-9-11(18)7-8-14(13)23-15/h7-9,12,15H,2-6,10H2,1H3,(H,19,22). The fourth-order valence-corrected chi connectivity index (χ4v) is 4.49. The van der Waals surface area contributed by atoms with Crippen LogP contribution < -0.4 is 5.32 Å². The summed E-state index contributed by atoms with van der Waals surface area (Å²) >= 11 is 7.40. The number of nitrogens with zero attached hydrogens (tertiary/aromatic N) is 1. The molecule has 23 heavy (non-hydrogen) atoms. The molecule has 1 saturated carbocycles. The minimum absolute atomic E-state index is 0.0574. The maximum absolute atomic E-state index is 12.5. The minimum Gasteiger partial charge on any atom is -0.343 e. The highest BCUT2D eigenvalue weighted by molar-refractivity contribution is 8.01. The zero-order valence-electron chi connectivity index (χ0n) is 13.2. The van der Waals surface area contributed by atoms with E-state index >= 15 is 0 Å². The Morgan fingerprint density at radius 1 is 1.35 bits per heavy atom. The summed E-state index contributed by atoms with van der Waals surface area (Å²) in [4.78, 5) is 27.6. The van der Waals surface area contributed by atoms with Crippen LogP contribution in [-0.4, -0.2) is 35.1 Å². The molecule has 0 saturated heterocycles. The zero-order valence-corrected chi connectivity index (χ0v) is 14.8. The topological polar surface area (TPSA) is 49.4 Å². The van der Waals surface area contributed by atoms with Gasteiger partial charge in [0.2, 0.25) is 11.8 Å². The number of benzene rings is 1. The molecule has 1 aliphatic heterocycles. The van der Waals surface area contributed by atoms with Gasteiger partial charge in [-0.2, -0.15) is 0 Å². The molecule has 1 fully saturated rings. The third kappa shape index (κ3) is 3.83. The molecule has 0 bridgehead atoms. The molecule has 0 radical (unpaired) electrons. The first kappa shape index (κ1) is 16.7. The van der Waals surface area contributed by atoms with E-state index in [4.69, 9.17) is 11.6 Å². The summed E-state index contributed by atoms with van der Waals surface area (Å²) in [6, 6.07) is 5.77. The van der Waals surface area contributed by atoms with Crippen LogP contribution in [0.3, 0.4) is 0 Å². The first-order valence-electron chi connectivity index (χ1n) is 8.07. The van der Waals surface area contributed by atoms with Crippen LogP contribution in [0.2, 0.25) is 5.02 Å². The van der Waals surface area contributed by atoms with Gasteiger partial charge in [-0.05, 0) is 31.0 Å². The number of fused-ring (bicyclic) bond motifs is 1. The van der Waals surface area contributed by atoms with Crippen molar-refractivity contribution in [1.82, 2.24) is 4.90 Å². The van der Waals surface area contributed by atoms with Gasteiger partial charge >= 0.3 is 0 Å². The van der Waals surface area contributed by atoms with Gasteiger partial charge in [-0.25, -0.2) is 0 Å². The van der Waals surface area contributed by atoms with Crippen molar-refractivity contribution in [2.24, 2.45) is 0 Å². The molecule has 6 heteroatoms. The van der Waals surface area contributed by atoms with E-state index in [0.717, 1.165) is 23.4 Å². The molecule has 1 aliphatic carbocycles. The monoisotopic (exact) mass is 352 g/mol. The first-order chi connectivity index (χ1) is 11.0. The Kier molecular flexibility index (Phi) is 5.17. The fraction of sp³-hybridized carbons (Fsp3) is 0.529. The van der Waals surface area contributed by atoms with Gasteiger partial charge in [0.1, 0.15) is 0 Å². The van der Waals surface area contributed by atoms with Crippen molar-refractivity contribution in [3.63, 3.8) is 0 Å². The average Bonchev–Trinajstić information content (AvgIpc) is 2.55. The van der Waals surface area contributed by atoms with Crippen molar-refractivity contribution < 1.29 is 9.59 Å². The van der Waals surface area contributed by atoms with E-state index < -0.39 is 0 Å². The lowest BCUT2D eigenvalue weighted by Crippen LogP contribution is -2.41. The summed E-state index contributed by atoms with van der Waals surface area (Å²) in [7, 11) is 1.87. The van der Waals surface area contributed by atoms with Gasteiger partial charge in [0.25, 0.3) is 0 Å². The molecule has 1 N–H and O–H groups in total. The smallest absolute Gasteiger partial charge is 0.238 e. The Labute approximate surface area is 145 Å². The number of halogens is 1. The number of amides is 2. The lowest BCUT2D eigenvalue weighted by molar-refractivity contribution is -0.133. The Bertz CT molecular complexity index is 617. The molecular weight excluding hydrogens is 332 g/mol. The highest BCUT2D eigenvalue weighted by Crippen LogP contribution is 2.38. The number of thioether (sulfide) groups is 1. The van der Waals surface area contributed by atoms with E-state index in [0.29, 0.717) is 11.1 Å². The van der Waals surface area contributed by atoms with Crippen LogP contribution in [0.4, 0.5) is 5.69 Å². The van der Waals surface area contributed by atoms with E-state index in [1.165, 1.54) is 31.0 Å². The normalized spacial score (nSPS) is 21.5. The Balaban J connectivity index is 1.64. The molecule has 1 aromatic rings. The molecule has 2 aliphatic rings. The Morgan fingerprint density at radius 3 is 2.83 bits per heavy atom. The number of rotatable bonds is 3. The highest BCUT2D eigenvalue weighted by Gasteiger charge is 2.31. The van der Waals surface area contributed by atoms with E-state index in [1.54, 1.807) is 12.1 Å². The molecule has 4 nitrogen and oxygen atoms in total. The number of anilines is 1. The van der Waals surface area contributed by atoms with E-state index in [2.05, 4.69) is 5.32 Å². The predicted octanol–water partition coefficient (Wildman–Crippen LogP) is 3.93. The lowest BCUT2D eigenvalue weighted by Gasteiger charge is -2.32. The van der Waals surface area contributed by atoms with E-state index in [-0.39, 0.29) is 23.5 Å². The zero-order chi connectivity index (χ0) is 16.4. The fourth-order valence-electron chi connectivity index (χ4n) is 3.23. The first-order valence-corrected chi connectivity index (χ1v) is 9.33. The molecule has 1 heterocycles. The van der Waals surface area contributed by atoms with Crippen LogP contribution in [0, 0.1) is 0 Å². The molecule has 124 valence electrons. The number of hydrogen-bond donors (Lipinski definition) is 1. The Morgan fingerprint density at radius 2 is 2.09 bits per heavy atom. The van der Waals surface area contributed by atoms with Gasteiger partial charge in [0, 0.05) is 29.4 Å². The largest absolute Gasteiger partial charge is 0.343 e. The van der Waals surface area contributed by atoms with Crippen LogP contribution in [0.1, 0.15) is 38.5 Å². The van der Waals surface area contributed by atoms with Crippen LogP contribution in [-0.2, 0) is 9.59 Å². The van der Waals surface area contributed by atoms with Crippen LogP contribution in [0.25, 0.3) is 0 Å². The third-order valence-corrected chi connectivity index (χ3v) is 6.15. The van der Waals surface area contributed by atoms with Crippen molar-refractivity contribution in [1.29, 1.82) is 0 Å². The quantitative estimate of drug-likeness (QED) is 0.896. The van der Waals surface area contributed by atoms with Crippen molar-refractivity contribution >= 4 is 40.9 Å². The van der Waals surface area contributed by atoms with Crippen molar-refractivity contribution in [3.05, 3.63) is 23.2 Å². The van der Waals surface area contributed by atoms with Crippen molar-refractivity contribution in [2.75, 3.05) is 12.4 Å². The Hall–Kier alpha value is -1.20. The van der Waals surface area contributed by atoms with Crippen molar-refractivity contribution in [3.8, 4) is 0 Å². The molecule has 1 unspecified atom stereocenters. The minimum atomic E-state index is -0.373. The summed E-state index contributed by atoms with van der Waals surface area (Å²) in [6.45, 7) is 0. The number of hydrogen-bond acceptors (Lipinski definition) is 3. The summed E-state index contributed by atoms with van der Waals surface area (Å²) < 4.78 is 0. The number of nitrogens with one attached hydrogen (secondary N) is 1. The molecule has 1 atom stereocenters. The maximum atomic E-state index is 12.5. The maximum Gasteiger partial charge on any atom is 0.238 e. The second-order valence-electron chi connectivity index (χ2n) is 6.24. The second kappa shape index (κ2) is 7.14. The van der Waals surface area contributed by atoms with Gasteiger partial charge < -0.3 is 10.2 Å². The van der Waals surface area contributed by atoms with Crippen LogP contribution >= 0.6 is 23.4 Å². The number of carbonyl (C=O) groups is 2. The number of carbonyl (C=O) groups excluding carboxylic acids is 2. The second-order valence-corrected chi connectivity index (χ2v) is 7.92. The molecule has 1 aromatic carbocycles.